The van der Waals surface area contributed by atoms with Gasteiger partial charge in [-0.25, -0.2) is 4.98 Å². The van der Waals surface area contributed by atoms with E-state index in [-0.39, 0.29) is 23.6 Å². The number of thiophene rings is 1. The molecule has 0 aliphatic heterocycles. The number of allylic oxidation sites excluding steroid dienone is 1. The van der Waals surface area contributed by atoms with Crippen molar-refractivity contribution in [1.29, 1.82) is 5.26 Å². The number of hydrogen-bond acceptors (Lipinski definition) is 6. The predicted octanol–water partition coefficient (Wildman–Crippen LogP) is 4.81. The lowest BCUT2D eigenvalue weighted by molar-refractivity contribution is -0.116. The third-order valence-electron chi connectivity index (χ3n) is 5.83. The Hall–Kier alpha value is -2.89. The maximum Gasteiger partial charge on any atom is 0.263 e. The van der Waals surface area contributed by atoms with Gasteiger partial charge in [-0.2, -0.15) is 5.26 Å². The molecule has 2 aromatic heterocycles. The SMILES string of the molecule is C=CCn1c(SCC(=O)N(CCC#N)c2ccccc2)nc2sc3c(c2c1=O)CC[C@H](C)C3. The first-order chi connectivity index (χ1) is 16.0. The van der Waals surface area contributed by atoms with Crippen molar-refractivity contribution in [1.82, 2.24) is 9.55 Å². The highest BCUT2D eigenvalue weighted by Crippen LogP contribution is 2.36. The molecule has 3 aromatic rings. The maximum absolute atomic E-state index is 13.4. The molecule has 2 heterocycles. The summed E-state index contributed by atoms with van der Waals surface area (Å²) < 4.78 is 1.63. The van der Waals surface area contributed by atoms with Crippen molar-refractivity contribution in [2.24, 2.45) is 5.92 Å². The second kappa shape index (κ2) is 10.4. The predicted molar refractivity (Wildman–Crippen MR) is 135 cm³/mol. The molecule has 8 heteroatoms. The smallest absolute Gasteiger partial charge is 0.263 e. The number of carbonyl (C=O) groups excluding carboxylic acids is 1. The Labute approximate surface area is 201 Å². The van der Waals surface area contributed by atoms with Crippen molar-refractivity contribution >= 4 is 44.9 Å². The molecule has 0 fully saturated rings. The summed E-state index contributed by atoms with van der Waals surface area (Å²) in [4.78, 5) is 35.0. The summed E-state index contributed by atoms with van der Waals surface area (Å²) in [6, 6.07) is 11.4. The molecule has 4 rings (SSSR count). The Balaban J connectivity index is 1.64. The van der Waals surface area contributed by atoms with Crippen LogP contribution in [0.4, 0.5) is 5.69 Å². The minimum Gasteiger partial charge on any atom is -0.311 e. The molecule has 33 heavy (non-hydrogen) atoms. The molecule has 6 nitrogen and oxygen atoms in total. The van der Waals surface area contributed by atoms with Crippen molar-refractivity contribution < 1.29 is 4.79 Å². The summed E-state index contributed by atoms with van der Waals surface area (Å²) in [5.74, 6) is 0.613. The van der Waals surface area contributed by atoms with E-state index in [0.29, 0.717) is 24.2 Å². The maximum atomic E-state index is 13.4. The van der Waals surface area contributed by atoms with Crippen molar-refractivity contribution in [2.75, 3.05) is 17.2 Å². The normalized spacial score (nSPS) is 15.1. The van der Waals surface area contributed by atoms with Gasteiger partial charge in [0.1, 0.15) is 4.83 Å². The number of benzene rings is 1. The van der Waals surface area contributed by atoms with Crippen molar-refractivity contribution in [3.8, 4) is 6.07 Å². The molecule has 0 saturated carbocycles. The molecule has 0 unspecified atom stereocenters. The third kappa shape index (κ3) is 4.90. The van der Waals surface area contributed by atoms with Crippen LogP contribution in [0.1, 0.15) is 30.2 Å². The summed E-state index contributed by atoms with van der Waals surface area (Å²) in [5.41, 5.74) is 1.86. The quantitative estimate of drug-likeness (QED) is 0.264. The average Bonchev–Trinajstić information content (AvgIpc) is 3.18. The first-order valence-electron chi connectivity index (χ1n) is 11.0. The largest absolute Gasteiger partial charge is 0.311 e. The zero-order valence-corrected chi connectivity index (χ0v) is 20.3. The Bertz CT molecular complexity index is 1270. The number of carbonyl (C=O) groups is 1. The van der Waals surface area contributed by atoms with E-state index in [4.69, 9.17) is 10.2 Å². The van der Waals surface area contributed by atoms with Crippen LogP contribution >= 0.6 is 23.1 Å². The van der Waals surface area contributed by atoms with Gasteiger partial charge in [0.2, 0.25) is 5.91 Å². The minimum atomic E-state index is -0.125. The number of hydrogen-bond donors (Lipinski definition) is 0. The molecule has 1 atom stereocenters. The lowest BCUT2D eigenvalue weighted by Gasteiger charge is -2.22. The standard InChI is InChI=1S/C25H26N4O2S2/c1-3-13-29-24(31)22-19-11-10-17(2)15-20(19)33-23(22)27-25(29)32-16-21(30)28(14-7-12-26)18-8-5-4-6-9-18/h3-6,8-9,17H,1,7,10-11,13-16H2,2H3/t17-/m0/s1. The van der Waals surface area contributed by atoms with Crippen molar-refractivity contribution in [3.63, 3.8) is 0 Å². The molecule has 0 radical (unpaired) electrons. The molecule has 0 saturated heterocycles. The minimum absolute atomic E-state index is 0.0497. The summed E-state index contributed by atoms with van der Waals surface area (Å²) in [6.45, 7) is 6.71. The third-order valence-corrected chi connectivity index (χ3v) is 7.94. The van der Waals surface area contributed by atoms with Crippen molar-refractivity contribution in [3.05, 3.63) is 63.8 Å². The number of thioether (sulfide) groups is 1. The molecule has 1 amide bonds. The summed E-state index contributed by atoms with van der Waals surface area (Å²) in [7, 11) is 0. The Morgan fingerprint density at radius 3 is 2.94 bits per heavy atom. The number of amides is 1. The van der Waals surface area contributed by atoms with E-state index in [2.05, 4.69) is 19.6 Å². The van der Waals surface area contributed by atoms with Gasteiger partial charge in [-0.05, 0) is 42.9 Å². The topological polar surface area (TPSA) is 79.0 Å². The number of nitrogens with zero attached hydrogens (tertiary/aromatic N) is 4. The van der Waals surface area contributed by atoms with Crippen LogP contribution in [-0.4, -0.2) is 27.8 Å². The molecule has 0 N–H and O–H groups in total. The molecule has 170 valence electrons. The van der Waals surface area contributed by atoms with Crippen LogP contribution in [0.15, 0.2) is 52.9 Å². The fraction of sp³-hybridized carbons (Fsp3) is 0.360. The number of fused-ring (bicyclic) bond motifs is 3. The lowest BCUT2D eigenvalue weighted by Crippen LogP contribution is -2.33. The van der Waals surface area contributed by atoms with Gasteiger partial charge >= 0.3 is 0 Å². The lowest BCUT2D eigenvalue weighted by atomic mass is 9.89. The van der Waals surface area contributed by atoms with E-state index in [9.17, 15) is 9.59 Å². The zero-order valence-electron chi connectivity index (χ0n) is 18.6. The number of aromatic nitrogens is 2. The van der Waals surface area contributed by atoms with Gasteiger partial charge in [-0.15, -0.1) is 17.9 Å². The average molecular weight is 479 g/mol. The van der Waals surface area contributed by atoms with Gasteiger partial charge < -0.3 is 4.90 Å². The molecule has 1 aromatic carbocycles. The fourth-order valence-electron chi connectivity index (χ4n) is 4.18. The van der Waals surface area contributed by atoms with Crippen molar-refractivity contribution in [2.45, 2.75) is 44.3 Å². The van der Waals surface area contributed by atoms with Crippen LogP contribution in [0.25, 0.3) is 10.2 Å². The number of para-hydroxylation sites is 1. The fourth-order valence-corrected chi connectivity index (χ4v) is 6.49. The van der Waals surface area contributed by atoms with Gasteiger partial charge in [-0.3, -0.25) is 14.2 Å². The van der Waals surface area contributed by atoms with Gasteiger partial charge in [-0.1, -0.05) is 43.0 Å². The van der Waals surface area contributed by atoms with Gasteiger partial charge in [0.05, 0.1) is 23.6 Å². The zero-order chi connectivity index (χ0) is 23.4. The van der Waals surface area contributed by atoms with Crippen LogP contribution in [0, 0.1) is 17.2 Å². The highest BCUT2D eigenvalue weighted by atomic mass is 32.2. The van der Waals surface area contributed by atoms with Crippen LogP contribution in [-0.2, 0) is 24.2 Å². The second-order valence-electron chi connectivity index (χ2n) is 8.21. The highest BCUT2D eigenvalue weighted by molar-refractivity contribution is 7.99. The Morgan fingerprint density at radius 2 is 2.21 bits per heavy atom. The van der Waals surface area contributed by atoms with Gasteiger partial charge in [0.25, 0.3) is 5.56 Å². The van der Waals surface area contributed by atoms with E-state index in [0.717, 1.165) is 40.7 Å². The Kier molecular flexibility index (Phi) is 7.31. The second-order valence-corrected chi connectivity index (χ2v) is 10.2. The van der Waals surface area contributed by atoms with E-state index in [1.807, 2.05) is 30.3 Å². The van der Waals surface area contributed by atoms with E-state index >= 15 is 0 Å². The molecular formula is C25H26N4O2S2. The van der Waals surface area contributed by atoms with E-state index < -0.39 is 0 Å². The van der Waals surface area contributed by atoms with E-state index in [1.165, 1.54) is 16.6 Å². The first kappa shape index (κ1) is 23.3. The van der Waals surface area contributed by atoms with Crippen LogP contribution in [0.5, 0.6) is 0 Å². The molecule has 1 aliphatic rings. The number of anilines is 1. The number of aryl methyl sites for hydroxylation is 1. The summed E-state index contributed by atoms with van der Waals surface area (Å²) in [6.07, 6.45) is 4.92. The van der Waals surface area contributed by atoms with E-state index in [1.54, 1.807) is 26.9 Å². The van der Waals surface area contributed by atoms with Crippen LogP contribution in [0.2, 0.25) is 0 Å². The first-order valence-corrected chi connectivity index (χ1v) is 12.8. The molecule has 1 aliphatic carbocycles. The van der Waals surface area contributed by atoms with Crippen LogP contribution < -0.4 is 10.5 Å². The number of rotatable bonds is 8. The van der Waals surface area contributed by atoms with Gasteiger partial charge in [0.15, 0.2) is 5.16 Å². The Morgan fingerprint density at radius 1 is 1.42 bits per heavy atom. The molecule has 0 bridgehead atoms. The molecule has 0 spiro atoms. The summed E-state index contributed by atoms with van der Waals surface area (Å²) >= 11 is 2.88. The molecular weight excluding hydrogens is 452 g/mol. The summed E-state index contributed by atoms with van der Waals surface area (Å²) in [5, 5.41) is 10.3. The number of nitriles is 1. The highest BCUT2D eigenvalue weighted by Gasteiger charge is 2.25. The van der Waals surface area contributed by atoms with Gasteiger partial charge in [0, 0.05) is 23.7 Å². The monoisotopic (exact) mass is 478 g/mol. The van der Waals surface area contributed by atoms with Crippen LogP contribution in [0.3, 0.4) is 0 Å².